The van der Waals surface area contributed by atoms with Gasteiger partial charge >= 0.3 is 5.97 Å². The van der Waals surface area contributed by atoms with Gasteiger partial charge in [-0.2, -0.15) is 0 Å². The molecule has 0 amide bonds. The zero-order valence-corrected chi connectivity index (χ0v) is 11.5. The zero-order valence-electron chi connectivity index (χ0n) is 11.5. The Bertz CT molecular complexity index is 487. The first kappa shape index (κ1) is 13.5. The van der Waals surface area contributed by atoms with Gasteiger partial charge in [-0.1, -0.05) is 0 Å². The molecule has 0 aliphatic carbocycles. The lowest BCUT2D eigenvalue weighted by molar-refractivity contribution is -0.141. The van der Waals surface area contributed by atoms with E-state index in [0.717, 1.165) is 29.3 Å². The maximum Gasteiger partial charge on any atom is 0.308 e. The molecule has 5 heteroatoms. The van der Waals surface area contributed by atoms with E-state index in [0.29, 0.717) is 13.0 Å². The molecule has 1 aliphatic heterocycles. The average Bonchev–Trinajstić information content (AvgIpc) is 2.44. The van der Waals surface area contributed by atoms with Gasteiger partial charge in [-0.3, -0.25) is 4.79 Å². The van der Waals surface area contributed by atoms with Crippen molar-refractivity contribution in [2.75, 3.05) is 32.2 Å². The number of carbonyl (C=O) groups is 1. The van der Waals surface area contributed by atoms with E-state index in [4.69, 9.17) is 9.47 Å². The first-order valence-electron chi connectivity index (χ1n) is 6.34. The largest absolute Gasteiger partial charge is 0.496 e. The summed E-state index contributed by atoms with van der Waals surface area (Å²) < 4.78 is 10.8. The fourth-order valence-electron chi connectivity index (χ4n) is 2.62. The summed E-state index contributed by atoms with van der Waals surface area (Å²) in [7, 11) is 3.22. The first-order valence-corrected chi connectivity index (χ1v) is 6.34. The molecule has 0 fully saturated rings. The zero-order chi connectivity index (χ0) is 14.0. The number of fused-ring (bicyclic) bond motifs is 1. The normalized spacial score (nSPS) is 17.8. The highest BCUT2D eigenvalue weighted by atomic mass is 16.5. The van der Waals surface area contributed by atoms with Gasteiger partial charge in [-0.25, -0.2) is 0 Å². The van der Waals surface area contributed by atoms with Crippen LogP contribution in [0.5, 0.6) is 11.5 Å². The van der Waals surface area contributed by atoms with Crippen LogP contribution in [0.3, 0.4) is 0 Å². The predicted molar refractivity (Wildman–Crippen MR) is 72.3 cm³/mol. The third-order valence-electron chi connectivity index (χ3n) is 3.58. The smallest absolute Gasteiger partial charge is 0.308 e. The van der Waals surface area contributed by atoms with Crippen LogP contribution in [0, 0.1) is 5.92 Å². The molecule has 1 aromatic rings. The van der Waals surface area contributed by atoms with Crippen LogP contribution in [0.25, 0.3) is 0 Å². The first-order chi connectivity index (χ1) is 9.12. The Hall–Kier alpha value is -1.91. The molecular formula is C14H19NO4. The second-order valence-corrected chi connectivity index (χ2v) is 4.58. The Morgan fingerprint density at radius 3 is 2.53 bits per heavy atom. The number of hydrogen-bond acceptors (Lipinski definition) is 4. The molecule has 0 saturated heterocycles. The minimum Gasteiger partial charge on any atom is -0.496 e. The summed E-state index contributed by atoms with van der Waals surface area (Å²) in [5.74, 6) is 0.309. The summed E-state index contributed by atoms with van der Waals surface area (Å²) in [5.41, 5.74) is 1.88. The van der Waals surface area contributed by atoms with Crippen molar-refractivity contribution in [2.24, 2.45) is 5.92 Å². The van der Waals surface area contributed by atoms with Gasteiger partial charge in [0.15, 0.2) is 0 Å². The van der Waals surface area contributed by atoms with Crippen molar-refractivity contribution in [1.82, 2.24) is 0 Å². The van der Waals surface area contributed by atoms with Crippen LogP contribution in [-0.4, -0.2) is 38.4 Å². The second-order valence-electron chi connectivity index (χ2n) is 4.58. The van der Waals surface area contributed by atoms with Crippen molar-refractivity contribution in [1.29, 1.82) is 0 Å². The molecule has 1 unspecified atom stereocenters. The molecule has 1 heterocycles. The topological polar surface area (TPSA) is 59.0 Å². The van der Waals surface area contributed by atoms with Gasteiger partial charge in [0, 0.05) is 18.7 Å². The molecule has 19 heavy (non-hydrogen) atoms. The monoisotopic (exact) mass is 265 g/mol. The highest BCUT2D eigenvalue weighted by Crippen LogP contribution is 2.42. The van der Waals surface area contributed by atoms with Gasteiger partial charge in [0.05, 0.1) is 25.8 Å². The van der Waals surface area contributed by atoms with E-state index in [2.05, 4.69) is 0 Å². The maximum atomic E-state index is 11.3. The molecule has 1 N–H and O–H groups in total. The Labute approximate surface area is 112 Å². The number of methoxy groups -OCH3 is 2. The number of ether oxygens (including phenoxy) is 2. The molecule has 0 saturated carbocycles. The van der Waals surface area contributed by atoms with E-state index in [1.807, 2.05) is 24.0 Å². The number of hydrogen-bond donors (Lipinski definition) is 1. The number of aliphatic carboxylic acids is 1. The van der Waals surface area contributed by atoms with Crippen molar-refractivity contribution in [3.63, 3.8) is 0 Å². The van der Waals surface area contributed by atoms with Crippen molar-refractivity contribution >= 4 is 11.7 Å². The Balaban J connectivity index is 2.55. The number of rotatable bonds is 4. The van der Waals surface area contributed by atoms with E-state index < -0.39 is 11.9 Å². The molecule has 5 nitrogen and oxygen atoms in total. The minimum absolute atomic E-state index is 0.409. The summed E-state index contributed by atoms with van der Waals surface area (Å²) in [6.45, 7) is 3.25. The molecule has 1 aliphatic rings. The number of benzene rings is 1. The third kappa shape index (κ3) is 2.32. The van der Waals surface area contributed by atoms with Gasteiger partial charge < -0.3 is 19.5 Å². The summed E-state index contributed by atoms with van der Waals surface area (Å²) in [4.78, 5) is 13.3. The summed E-state index contributed by atoms with van der Waals surface area (Å²) >= 11 is 0. The van der Waals surface area contributed by atoms with E-state index in [1.165, 1.54) is 0 Å². The van der Waals surface area contributed by atoms with Crippen molar-refractivity contribution < 1.29 is 19.4 Å². The molecule has 104 valence electrons. The Morgan fingerprint density at radius 2 is 2.00 bits per heavy atom. The molecule has 0 spiro atoms. The van der Waals surface area contributed by atoms with Crippen LogP contribution >= 0.6 is 0 Å². The third-order valence-corrected chi connectivity index (χ3v) is 3.58. The molecule has 0 bridgehead atoms. The summed E-state index contributed by atoms with van der Waals surface area (Å²) in [6.07, 6.45) is 0.474. The lowest BCUT2D eigenvalue weighted by Gasteiger charge is -2.35. The molecule has 0 aromatic heterocycles. The van der Waals surface area contributed by atoms with E-state index in [1.54, 1.807) is 14.2 Å². The van der Waals surface area contributed by atoms with E-state index in [-0.39, 0.29) is 0 Å². The van der Waals surface area contributed by atoms with Crippen LogP contribution in [0.4, 0.5) is 5.69 Å². The number of carboxylic acids is 1. The molecule has 1 aromatic carbocycles. The lowest BCUT2D eigenvalue weighted by Crippen LogP contribution is -2.39. The van der Waals surface area contributed by atoms with Gasteiger partial charge in [-0.05, 0) is 25.5 Å². The van der Waals surface area contributed by atoms with Crippen LogP contribution < -0.4 is 14.4 Å². The van der Waals surface area contributed by atoms with Crippen molar-refractivity contribution in [2.45, 2.75) is 13.3 Å². The van der Waals surface area contributed by atoms with Gasteiger partial charge in [0.1, 0.15) is 11.5 Å². The minimum atomic E-state index is -0.769. The van der Waals surface area contributed by atoms with Crippen LogP contribution in [-0.2, 0) is 11.2 Å². The van der Waals surface area contributed by atoms with Crippen LogP contribution in [0.15, 0.2) is 12.1 Å². The van der Waals surface area contributed by atoms with Crippen LogP contribution in [0.1, 0.15) is 12.5 Å². The average molecular weight is 265 g/mol. The maximum absolute atomic E-state index is 11.3. The summed E-state index contributed by atoms with van der Waals surface area (Å²) in [6, 6.07) is 3.69. The summed E-state index contributed by atoms with van der Waals surface area (Å²) in [5, 5.41) is 9.27. The second kappa shape index (κ2) is 5.38. The van der Waals surface area contributed by atoms with Gasteiger partial charge in [-0.15, -0.1) is 0 Å². The van der Waals surface area contributed by atoms with Gasteiger partial charge in [0.25, 0.3) is 0 Å². The molecule has 1 atom stereocenters. The predicted octanol–water partition coefficient (Wildman–Crippen LogP) is 1.79. The van der Waals surface area contributed by atoms with E-state index in [9.17, 15) is 9.90 Å². The van der Waals surface area contributed by atoms with E-state index >= 15 is 0 Å². The number of anilines is 1. The highest BCUT2D eigenvalue weighted by Gasteiger charge is 2.32. The fraction of sp³-hybridized carbons (Fsp3) is 0.500. The Kier molecular flexibility index (Phi) is 3.83. The SMILES string of the molecule is CCN1CC(C(=O)O)Cc2c(OC)ccc(OC)c21. The standard InChI is InChI=1S/C14H19NO4/c1-4-15-8-9(14(16)17)7-10-11(18-2)5-6-12(19-3)13(10)15/h5-6,9H,4,7-8H2,1-3H3,(H,16,17). The molecular weight excluding hydrogens is 246 g/mol. The highest BCUT2D eigenvalue weighted by molar-refractivity contribution is 5.77. The fourth-order valence-corrected chi connectivity index (χ4v) is 2.62. The number of nitrogens with zero attached hydrogens (tertiary/aromatic N) is 1. The lowest BCUT2D eigenvalue weighted by atomic mass is 9.91. The van der Waals surface area contributed by atoms with Crippen molar-refractivity contribution in [3.8, 4) is 11.5 Å². The Morgan fingerprint density at radius 1 is 1.37 bits per heavy atom. The number of carboxylic acid groups (broad SMARTS) is 1. The van der Waals surface area contributed by atoms with Gasteiger partial charge in [0.2, 0.25) is 0 Å². The van der Waals surface area contributed by atoms with Crippen molar-refractivity contribution in [3.05, 3.63) is 17.7 Å². The quantitative estimate of drug-likeness (QED) is 0.899. The molecule has 2 rings (SSSR count). The van der Waals surface area contributed by atoms with Crippen LogP contribution in [0.2, 0.25) is 0 Å². The molecule has 0 radical (unpaired) electrons.